The number of nitrogens with two attached hydrogens (primary N) is 1. The Bertz CT molecular complexity index is 573. The summed E-state index contributed by atoms with van der Waals surface area (Å²) in [6.07, 6.45) is 0. The molecule has 5 nitrogen and oxygen atoms in total. The van der Waals surface area contributed by atoms with Crippen LogP contribution in [0.25, 0.3) is 0 Å². The Hall–Kier alpha value is -2.79. The number of hydrogen-bond acceptors (Lipinski definition) is 5. The normalized spacial score (nSPS) is 12.3. The number of nitriles is 2. The smallest absolute Gasteiger partial charge is 0.174 e. The fourth-order valence-electron chi connectivity index (χ4n) is 1.21. The van der Waals surface area contributed by atoms with Gasteiger partial charge in [0.2, 0.25) is 0 Å². The van der Waals surface area contributed by atoms with E-state index in [0.717, 1.165) is 0 Å². The number of hydrogen-bond donors (Lipinski definition) is 2. The van der Waals surface area contributed by atoms with E-state index in [1.165, 1.54) is 6.07 Å². The summed E-state index contributed by atoms with van der Waals surface area (Å²) in [5, 5.41) is 26.9. The first kappa shape index (κ1) is 12.3. The Morgan fingerprint density at radius 3 is 2.47 bits per heavy atom. The first-order valence-corrected chi connectivity index (χ1v) is 4.73. The standard InChI is InChI=1S/C12H10N4O/c1-8(9-4-2-3-5-12(9)17)16-11(7-14)10(15)6-13/h2-5,17H,15H2,1H3/b11-10-,16-8?. The molecule has 0 aliphatic carbocycles. The third-order valence-electron chi connectivity index (χ3n) is 2.05. The van der Waals surface area contributed by atoms with Crippen LogP contribution in [0.15, 0.2) is 40.7 Å². The van der Waals surface area contributed by atoms with Crippen LogP contribution in [0.5, 0.6) is 5.75 Å². The van der Waals surface area contributed by atoms with E-state index in [1.54, 1.807) is 37.3 Å². The van der Waals surface area contributed by atoms with Gasteiger partial charge >= 0.3 is 0 Å². The summed E-state index contributed by atoms with van der Waals surface area (Å²) in [5.74, 6) is 0.0570. The molecule has 1 rings (SSSR count). The second-order valence-electron chi connectivity index (χ2n) is 3.20. The van der Waals surface area contributed by atoms with Gasteiger partial charge in [0, 0.05) is 11.3 Å². The Balaban J connectivity index is 3.24. The third kappa shape index (κ3) is 2.83. The van der Waals surface area contributed by atoms with E-state index in [1.807, 2.05) is 0 Å². The molecule has 0 aliphatic rings. The molecule has 3 N–H and O–H groups in total. The van der Waals surface area contributed by atoms with E-state index in [-0.39, 0.29) is 17.1 Å². The first-order valence-electron chi connectivity index (χ1n) is 4.73. The molecular formula is C12H10N4O. The molecule has 0 saturated heterocycles. The van der Waals surface area contributed by atoms with Crippen molar-refractivity contribution >= 4 is 5.71 Å². The van der Waals surface area contributed by atoms with Gasteiger partial charge in [0.1, 0.15) is 23.6 Å². The molecule has 0 saturated carbocycles. The number of rotatable bonds is 2. The highest BCUT2D eigenvalue weighted by molar-refractivity contribution is 6.01. The molecule has 0 atom stereocenters. The number of nitrogens with zero attached hydrogens (tertiary/aromatic N) is 3. The molecule has 1 aromatic rings. The second-order valence-corrected chi connectivity index (χ2v) is 3.20. The number of allylic oxidation sites excluding steroid dienone is 2. The lowest BCUT2D eigenvalue weighted by Gasteiger charge is -2.03. The molecular weight excluding hydrogens is 216 g/mol. The Labute approximate surface area is 98.7 Å². The predicted molar refractivity (Wildman–Crippen MR) is 62.8 cm³/mol. The maximum absolute atomic E-state index is 9.59. The van der Waals surface area contributed by atoms with Crippen molar-refractivity contribution in [2.45, 2.75) is 6.92 Å². The van der Waals surface area contributed by atoms with Crippen LogP contribution in [0.1, 0.15) is 12.5 Å². The van der Waals surface area contributed by atoms with Gasteiger partial charge in [-0.15, -0.1) is 0 Å². The minimum absolute atomic E-state index is 0.0570. The van der Waals surface area contributed by atoms with Crippen LogP contribution in [-0.4, -0.2) is 10.8 Å². The zero-order chi connectivity index (χ0) is 12.8. The van der Waals surface area contributed by atoms with Crippen LogP contribution in [0.3, 0.4) is 0 Å². The van der Waals surface area contributed by atoms with Gasteiger partial charge in [0.15, 0.2) is 5.70 Å². The van der Waals surface area contributed by atoms with E-state index in [2.05, 4.69) is 4.99 Å². The molecule has 0 amide bonds. The minimum atomic E-state index is -0.248. The van der Waals surface area contributed by atoms with Crippen LogP contribution < -0.4 is 5.73 Å². The highest BCUT2D eigenvalue weighted by Gasteiger charge is 2.06. The predicted octanol–water partition coefficient (Wildman–Crippen LogP) is 1.42. The topological polar surface area (TPSA) is 106 Å². The lowest BCUT2D eigenvalue weighted by atomic mass is 10.1. The van der Waals surface area contributed by atoms with Gasteiger partial charge < -0.3 is 10.8 Å². The van der Waals surface area contributed by atoms with Crippen LogP contribution in [0.4, 0.5) is 0 Å². The molecule has 5 heteroatoms. The average molecular weight is 226 g/mol. The second kappa shape index (κ2) is 5.34. The number of aromatic hydroxyl groups is 1. The fraction of sp³-hybridized carbons (Fsp3) is 0.0833. The van der Waals surface area contributed by atoms with Gasteiger partial charge in [0.05, 0.1) is 0 Å². The number of benzene rings is 1. The average Bonchev–Trinajstić information content (AvgIpc) is 2.35. The minimum Gasteiger partial charge on any atom is -0.507 e. The lowest BCUT2D eigenvalue weighted by molar-refractivity contribution is 0.474. The Morgan fingerprint density at radius 2 is 1.94 bits per heavy atom. The number of aliphatic imine (C=N–C) groups is 1. The van der Waals surface area contributed by atoms with Gasteiger partial charge in [-0.1, -0.05) is 12.1 Å². The van der Waals surface area contributed by atoms with Crippen molar-refractivity contribution in [3.63, 3.8) is 0 Å². The maximum Gasteiger partial charge on any atom is 0.174 e. The van der Waals surface area contributed by atoms with Crippen molar-refractivity contribution < 1.29 is 5.11 Å². The van der Waals surface area contributed by atoms with Gasteiger partial charge in [0.25, 0.3) is 0 Å². The van der Waals surface area contributed by atoms with Crippen LogP contribution in [0.2, 0.25) is 0 Å². The maximum atomic E-state index is 9.59. The zero-order valence-corrected chi connectivity index (χ0v) is 9.18. The van der Waals surface area contributed by atoms with Crippen LogP contribution in [-0.2, 0) is 0 Å². The van der Waals surface area contributed by atoms with Gasteiger partial charge in [-0.2, -0.15) is 10.5 Å². The van der Waals surface area contributed by atoms with Crippen LogP contribution >= 0.6 is 0 Å². The molecule has 0 aromatic heterocycles. The Morgan fingerprint density at radius 1 is 1.29 bits per heavy atom. The van der Waals surface area contributed by atoms with Crippen LogP contribution in [0, 0.1) is 22.7 Å². The molecule has 0 fully saturated rings. The molecule has 0 heterocycles. The third-order valence-corrected chi connectivity index (χ3v) is 2.05. The Kier molecular flexibility index (Phi) is 3.86. The van der Waals surface area contributed by atoms with E-state index < -0.39 is 0 Å². The summed E-state index contributed by atoms with van der Waals surface area (Å²) < 4.78 is 0. The van der Waals surface area contributed by atoms with E-state index in [4.69, 9.17) is 16.3 Å². The molecule has 1 aromatic carbocycles. The lowest BCUT2D eigenvalue weighted by Crippen LogP contribution is -2.01. The quantitative estimate of drug-likeness (QED) is 0.587. The number of phenols is 1. The summed E-state index contributed by atoms with van der Waals surface area (Å²) in [4.78, 5) is 3.92. The summed E-state index contributed by atoms with van der Waals surface area (Å²) in [6.45, 7) is 1.62. The van der Waals surface area contributed by atoms with Gasteiger partial charge in [-0.05, 0) is 19.1 Å². The molecule has 0 spiro atoms. The summed E-state index contributed by atoms with van der Waals surface area (Å²) >= 11 is 0. The molecule has 0 unspecified atom stereocenters. The van der Waals surface area contributed by atoms with Crippen molar-refractivity contribution in [3.05, 3.63) is 41.2 Å². The van der Waals surface area contributed by atoms with Gasteiger partial charge in [-0.3, -0.25) is 0 Å². The van der Waals surface area contributed by atoms with Crippen molar-refractivity contribution in [2.75, 3.05) is 0 Å². The zero-order valence-electron chi connectivity index (χ0n) is 9.18. The van der Waals surface area contributed by atoms with E-state index in [9.17, 15) is 5.11 Å². The summed E-state index contributed by atoms with van der Waals surface area (Å²) in [6, 6.07) is 9.97. The highest BCUT2D eigenvalue weighted by Crippen LogP contribution is 2.17. The fourth-order valence-corrected chi connectivity index (χ4v) is 1.21. The monoisotopic (exact) mass is 226 g/mol. The summed E-state index contributed by atoms with van der Waals surface area (Å²) in [7, 11) is 0. The molecule has 0 radical (unpaired) electrons. The highest BCUT2D eigenvalue weighted by atomic mass is 16.3. The van der Waals surface area contributed by atoms with Crippen molar-refractivity contribution in [3.8, 4) is 17.9 Å². The van der Waals surface area contributed by atoms with E-state index >= 15 is 0 Å². The van der Waals surface area contributed by atoms with Gasteiger partial charge in [-0.25, -0.2) is 4.99 Å². The molecule has 84 valence electrons. The summed E-state index contributed by atoms with van der Waals surface area (Å²) in [5.41, 5.74) is 5.82. The molecule has 0 bridgehead atoms. The molecule has 0 aliphatic heterocycles. The number of para-hydroxylation sites is 1. The number of phenolic OH excluding ortho intramolecular Hbond substituents is 1. The van der Waals surface area contributed by atoms with Crippen molar-refractivity contribution in [1.29, 1.82) is 10.5 Å². The first-order chi connectivity index (χ1) is 8.10. The van der Waals surface area contributed by atoms with Crippen molar-refractivity contribution in [2.24, 2.45) is 10.7 Å². The SMILES string of the molecule is CC(=N/C(C#N)=C(\N)C#N)c1ccccc1O. The molecule has 17 heavy (non-hydrogen) atoms. The van der Waals surface area contributed by atoms with Crippen molar-refractivity contribution in [1.82, 2.24) is 0 Å². The van der Waals surface area contributed by atoms with E-state index in [0.29, 0.717) is 11.3 Å². The largest absolute Gasteiger partial charge is 0.507 e.